The molecule has 0 N–H and O–H groups in total. The van der Waals surface area contributed by atoms with Crippen LogP contribution in [0.25, 0.3) is 0 Å². The van der Waals surface area contributed by atoms with E-state index in [2.05, 4.69) is 12.1 Å². The van der Waals surface area contributed by atoms with Gasteiger partial charge in [0.15, 0.2) is 0 Å². The Morgan fingerprint density at radius 2 is 1.80 bits per heavy atom. The number of methoxy groups -OCH3 is 1. The zero-order valence-electron chi connectivity index (χ0n) is 12.0. The number of ether oxygens (including phenoxy) is 1. The van der Waals surface area contributed by atoms with Gasteiger partial charge in [-0.1, -0.05) is 12.1 Å². The van der Waals surface area contributed by atoms with Gasteiger partial charge in [-0.2, -0.15) is 0 Å². The predicted octanol–water partition coefficient (Wildman–Crippen LogP) is 3.49. The van der Waals surface area contributed by atoms with Gasteiger partial charge < -0.3 is 4.74 Å². The second-order valence-electron chi connectivity index (χ2n) is 6.83. The summed E-state index contributed by atoms with van der Waals surface area (Å²) in [6, 6.07) is 8.10. The lowest BCUT2D eigenvalue weighted by molar-refractivity contribution is -0.121. The lowest BCUT2D eigenvalue weighted by Crippen LogP contribution is -2.10. The number of aryl methyl sites for hydroxylation is 1. The molecule has 4 rings (SSSR count). The molecule has 3 aliphatic carbocycles. The van der Waals surface area contributed by atoms with E-state index >= 15 is 0 Å². The standard InChI is InChI=1S/C18H22O2/c1-20-14-7-2-11(3-8-14)4-9-15(19)18-16-12-5-6-13(10-12)17(16)18/h2-3,7-8,12-13,16-18H,4-6,9-10H2,1H3. The van der Waals surface area contributed by atoms with E-state index in [9.17, 15) is 4.79 Å². The summed E-state index contributed by atoms with van der Waals surface area (Å²) < 4.78 is 5.16. The Morgan fingerprint density at radius 1 is 1.15 bits per heavy atom. The number of carbonyl (C=O) groups excluding carboxylic acids is 1. The van der Waals surface area contributed by atoms with Gasteiger partial charge in [0.05, 0.1) is 7.11 Å². The van der Waals surface area contributed by atoms with Gasteiger partial charge >= 0.3 is 0 Å². The van der Waals surface area contributed by atoms with E-state index in [4.69, 9.17) is 4.74 Å². The maximum absolute atomic E-state index is 12.4. The van der Waals surface area contributed by atoms with Crippen LogP contribution in [0.2, 0.25) is 0 Å². The minimum Gasteiger partial charge on any atom is -0.497 e. The average Bonchev–Trinajstić information content (AvgIpc) is 2.93. The lowest BCUT2D eigenvalue weighted by Gasteiger charge is -2.08. The van der Waals surface area contributed by atoms with E-state index < -0.39 is 0 Å². The molecule has 1 aromatic carbocycles. The van der Waals surface area contributed by atoms with Crippen molar-refractivity contribution < 1.29 is 9.53 Å². The van der Waals surface area contributed by atoms with Crippen molar-refractivity contribution in [3.8, 4) is 5.75 Å². The van der Waals surface area contributed by atoms with Crippen LogP contribution >= 0.6 is 0 Å². The van der Waals surface area contributed by atoms with E-state index in [0.717, 1.165) is 42.3 Å². The number of rotatable bonds is 5. The monoisotopic (exact) mass is 270 g/mol. The quantitative estimate of drug-likeness (QED) is 0.818. The van der Waals surface area contributed by atoms with Crippen molar-refractivity contribution in [2.45, 2.75) is 32.1 Å². The zero-order chi connectivity index (χ0) is 13.7. The van der Waals surface area contributed by atoms with Crippen molar-refractivity contribution >= 4 is 5.78 Å². The molecule has 3 saturated carbocycles. The lowest BCUT2D eigenvalue weighted by atomic mass is 9.96. The van der Waals surface area contributed by atoms with Gasteiger partial charge in [-0.05, 0) is 67.1 Å². The maximum Gasteiger partial charge on any atom is 0.136 e. The molecule has 0 aliphatic heterocycles. The molecule has 3 fully saturated rings. The van der Waals surface area contributed by atoms with Gasteiger partial charge in [-0.15, -0.1) is 0 Å². The third-order valence-electron chi connectivity index (χ3n) is 5.93. The Labute approximate surface area is 120 Å². The number of benzene rings is 1. The van der Waals surface area contributed by atoms with Gasteiger partial charge in [-0.3, -0.25) is 4.79 Å². The molecule has 0 amide bonds. The van der Waals surface area contributed by atoms with Crippen LogP contribution in [0.4, 0.5) is 0 Å². The fraction of sp³-hybridized carbons (Fsp3) is 0.611. The van der Waals surface area contributed by atoms with Gasteiger partial charge in [0, 0.05) is 12.3 Å². The first-order valence-corrected chi connectivity index (χ1v) is 7.93. The molecular formula is C18H22O2. The molecule has 3 aliphatic rings. The van der Waals surface area contributed by atoms with Crippen LogP contribution in [0.15, 0.2) is 24.3 Å². The number of carbonyl (C=O) groups is 1. The zero-order valence-corrected chi connectivity index (χ0v) is 12.0. The second-order valence-corrected chi connectivity index (χ2v) is 6.83. The Hall–Kier alpha value is -1.31. The molecule has 2 bridgehead atoms. The second kappa shape index (κ2) is 4.61. The molecule has 2 nitrogen and oxygen atoms in total. The fourth-order valence-corrected chi connectivity index (χ4v) is 4.98. The van der Waals surface area contributed by atoms with E-state index in [1.807, 2.05) is 12.1 Å². The molecule has 0 saturated heterocycles. The van der Waals surface area contributed by atoms with E-state index in [1.165, 1.54) is 24.8 Å². The number of ketones is 1. The highest BCUT2D eigenvalue weighted by Crippen LogP contribution is 2.69. The summed E-state index contributed by atoms with van der Waals surface area (Å²) in [6.07, 6.45) is 5.83. The van der Waals surface area contributed by atoms with Crippen molar-refractivity contribution in [1.82, 2.24) is 0 Å². The van der Waals surface area contributed by atoms with E-state index in [-0.39, 0.29) is 0 Å². The number of hydrogen-bond donors (Lipinski definition) is 0. The summed E-state index contributed by atoms with van der Waals surface area (Å²) in [6.45, 7) is 0. The topological polar surface area (TPSA) is 26.3 Å². The van der Waals surface area contributed by atoms with Crippen LogP contribution in [-0.2, 0) is 11.2 Å². The van der Waals surface area contributed by atoms with E-state index in [1.54, 1.807) is 7.11 Å². The molecule has 4 atom stereocenters. The molecule has 20 heavy (non-hydrogen) atoms. The van der Waals surface area contributed by atoms with Crippen molar-refractivity contribution in [1.29, 1.82) is 0 Å². The first kappa shape index (κ1) is 12.4. The molecular weight excluding hydrogens is 248 g/mol. The normalized spacial score (nSPS) is 36.8. The van der Waals surface area contributed by atoms with Crippen LogP contribution in [-0.4, -0.2) is 12.9 Å². The van der Waals surface area contributed by atoms with Gasteiger partial charge in [0.1, 0.15) is 11.5 Å². The van der Waals surface area contributed by atoms with Crippen molar-refractivity contribution in [3.63, 3.8) is 0 Å². The van der Waals surface area contributed by atoms with E-state index in [0.29, 0.717) is 11.7 Å². The van der Waals surface area contributed by atoms with Crippen LogP contribution in [0.3, 0.4) is 0 Å². The van der Waals surface area contributed by atoms with Crippen LogP contribution < -0.4 is 4.74 Å². The van der Waals surface area contributed by atoms with Crippen LogP contribution in [0.5, 0.6) is 5.75 Å². The Kier molecular flexibility index (Phi) is 2.87. The number of Topliss-reactive ketones (excluding diaryl/α,β-unsaturated/α-hetero) is 1. The maximum atomic E-state index is 12.4. The third-order valence-corrected chi connectivity index (χ3v) is 5.93. The summed E-state index contributed by atoms with van der Waals surface area (Å²) in [5.74, 6) is 5.24. The summed E-state index contributed by atoms with van der Waals surface area (Å²) in [5.41, 5.74) is 1.24. The van der Waals surface area contributed by atoms with Gasteiger partial charge in [0.25, 0.3) is 0 Å². The Balaban J connectivity index is 1.33. The van der Waals surface area contributed by atoms with Gasteiger partial charge in [0.2, 0.25) is 0 Å². The highest BCUT2D eigenvalue weighted by Gasteiger charge is 2.66. The van der Waals surface area contributed by atoms with Gasteiger partial charge in [-0.25, -0.2) is 0 Å². The van der Waals surface area contributed by atoms with Crippen LogP contribution in [0, 0.1) is 29.6 Å². The molecule has 106 valence electrons. The third kappa shape index (κ3) is 1.88. The molecule has 4 unspecified atom stereocenters. The van der Waals surface area contributed by atoms with Crippen molar-refractivity contribution in [3.05, 3.63) is 29.8 Å². The van der Waals surface area contributed by atoms with Crippen molar-refractivity contribution in [2.75, 3.05) is 7.11 Å². The summed E-state index contributed by atoms with van der Waals surface area (Å²) in [7, 11) is 1.68. The SMILES string of the molecule is COc1ccc(CCC(=O)C2C3C4CCC(C4)C23)cc1. The average molecular weight is 270 g/mol. The first-order valence-electron chi connectivity index (χ1n) is 7.93. The first-order chi connectivity index (χ1) is 9.78. The number of fused-ring (bicyclic) bond motifs is 5. The minimum absolute atomic E-state index is 0.444. The fourth-order valence-electron chi connectivity index (χ4n) is 4.98. The highest BCUT2D eigenvalue weighted by atomic mass is 16.5. The highest BCUT2D eigenvalue weighted by molar-refractivity contribution is 5.85. The Bertz CT molecular complexity index is 503. The molecule has 0 heterocycles. The van der Waals surface area contributed by atoms with Crippen LogP contribution in [0.1, 0.15) is 31.2 Å². The summed E-state index contributed by atoms with van der Waals surface area (Å²) in [5, 5.41) is 0. The Morgan fingerprint density at radius 3 is 2.40 bits per heavy atom. The largest absolute Gasteiger partial charge is 0.497 e. The minimum atomic E-state index is 0.444. The number of hydrogen-bond acceptors (Lipinski definition) is 2. The summed E-state index contributed by atoms with van der Waals surface area (Å²) >= 11 is 0. The smallest absolute Gasteiger partial charge is 0.136 e. The summed E-state index contributed by atoms with van der Waals surface area (Å²) in [4.78, 5) is 12.4. The molecule has 0 spiro atoms. The molecule has 0 radical (unpaired) electrons. The predicted molar refractivity (Wildman–Crippen MR) is 77.6 cm³/mol. The molecule has 2 heteroatoms. The molecule has 0 aromatic heterocycles. The van der Waals surface area contributed by atoms with Crippen molar-refractivity contribution in [2.24, 2.45) is 29.6 Å². The molecule has 1 aromatic rings.